The highest BCUT2D eigenvalue weighted by Crippen LogP contribution is 2.20. The quantitative estimate of drug-likeness (QED) is 0.895. The Bertz CT molecular complexity index is 470. The second kappa shape index (κ2) is 7.31. The lowest BCUT2D eigenvalue weighted by Gasteiger charge is -2.31. The van der Waals surface area contributed by atoms with Crippen LogP contribution in [0.4, 0.5) is 16.2 Å². The van der Waals surface area contributed by atoms with Crippen molar-refractivity contribution in [2.45, 2.75) is 19.8 Å². The molecule has 2 N–H and O–H groups in total. The zero-order valence-electron chi connectivity index (χ0n) is 12.9. The van der Waals surface area contributed by atoms with Crippen molar-refractivity contribution < 1.29 is 9.90 Å². The van der Waals surface area contributed by atoms with E-state index in [4.69, 9.17) is 5.11 Å². The first-order valence-corrected chi connectivity index (χ1v) is 7.62. The summed E-state index contributed by atoms with van der Waals surface area (Å²) < 4.78 is 0. The number of nitrogens with zero attached hydrogens (tertiary/aromatic N) is 2. The number of urea groups is 1. The molecule has 1 saturated heterocycles. The van der Waals surface area contributed by atoms with Gasteiger partial charge in [0.25, 0.3) is 0 Å². The van der Waals surface area contributed by atoms with Gasteiger partial charge in [-0.3, -0.25) is 0 Å². The molecule has 21 heavy (non-hydrogen) atoms. The van der Waals surface area contributed by atoms with Crippen molar-refractivity contribution in [3.8, 4) is 0 Å². The Labute approximate surface area is 126 Å². The van der Waals surface area contributed by atoms with Crippen molar-refractivity contribution >= 4 is 17.4 Å². The number of nitrogens with one attached hydrogen (secondary N) is 1. The lowest BCUT2D eigenvalue weighted by molar-refractivity contribution is 0.143. The fraction of sp³-hybridized carbons (Fsp3) is 0.562. The topological polar surface area (TPSA) is 55.8 Å². The minimum Gasteiger partial charge on any atom is -0.396 e. The van der Waals surface area contributed by atoms with Crippen LogP contribution in [-0.4, -0.2) is 49.3 Å². The highest BCUT2D eigenvalue weighted by molar-refractivity contribution is 5.90. The summed E-state index contributed by atoms with van der Waals surface area (Å²) in [4.78, 5) is 16.2. The third-order valence-electron chi connectivity index (χ3n) is 4.17. The Morgan fingerprint density at radius 2 is 2.14 bits per heavy atom. The molecule has 5 heteroatoms. The second-order valence-corrected chi connectivity index (χ2v) is 5.61. The van der Waals surface area contributed by atoms with Crippen molar-refractivity contribution in [2.24, 2.45) is 5.92 Å². The van der Waals surface area contributed by atoms with Crippen LogP contribution in [0.3, 0.4) is 0 Å². The van der Waals surface area contributed by atoms with E-state index >= 15 is 0 Å². The van der Waals surface area contributed by atoms with E-state index in [0.717, 1.165) is 30.8 Å². The summed E-state index contributed by atoms with van der Waals surface area (Å²) in [7, 11) is 2.03. The number of amides is 2. The summed E-state index contributed by atoms with van der Waals surface area (Å²) in [6.45, 7) is 4.67. The molecule has 1 aromatic carbocycles. The van der Waals surface area contributed by atoms with E-state index in [1.807, 2.05) is 36.2 Å². The number of carbonyl (C=O) groups excluding carboxylic acids is 1. The number of carbonyl (C=O) groups is 1. The van der Waals surface area contributed by atoms with Crippen LogP contribution >= 0.6 is 0 Å². The van der Waals surface area contributed by atoms with E-state index in [0.29, 0.717) is 19.0 Å². The molecule has 2 rings (SSSR count). The smallest absolute Gasteiger partial charge is 0.321 e. The molecule has 0 aliphatic carbocycles. The molecule has 0 spiro atoms. The van der Waals surface area contributed by atoms with Crippen LogP contribution in [0.25, 0.3) is 0 Å². The van der Waals surface area contributed by atoms with E-state index in [2.05, 4.69) is 17.1 Å². The van der Waals surface area contributed by atoms with Crippen molar-refractivity contribution in [1.82, 2.24) is 4.90 Å². The van der Waals surface area contributed by atoms with Gasteiger partial charge in [0.15, 0.2) is 0 Å². The summed E-state index contributed by atoms with van der Waals surface area (Å²) in [5.41, 5.74) is 1.91. The Morgan fingerprint density at radius 1 is 1.43 bits per heavy atom. The molecule has 1 aliphatic rings. The molecule has 2 amide bonds. The minimum absolute atomic E-state index is 0.0531. The fourth-order valence-electron chi connectivity index (χ4n) is 2.52. The van der Waals surface area contributed by atoms with E-state index in [1.165, 1.54) is 0 Å². The lowest BCUT2D eigenvalue weighted by Crippen LogP contribution is -2.41. The van der Waals surface area contributed by atoms with Crippen LogP contribution in [0.1, 0.15) is 19.8 Å². The largest absolute Gasteiger partial charge is 0.396 e. The average molecular weight is 291 g/mol. The molecule has 1 heterocycles. The summed E-state index contributed by atoms with van der Waals surface area (Å²) in [6.07, 6.45) is 1.76. The molecule has 1 aliphatic heterocycles. The van der Waals surface area contributed by atoms with Gasteiger partial charge < -0.3 is 20.2 Å². The van der Waals surface area contributed by atoms with Crippen LogP contribution in [0.15, 0.2) is 24.3 Å². The summed E-state index contributed by atoms with van der Waals surface area (Å²) in [5, 5.41) is 12.1. The molecule has 0 unspecified atom stereocenters. The summed E-state index contributed by atoms with van der Waals surface area (Å²) in [6, 6.07) is 7.83. The maximum atomic E-state index is 12.3. The van der Waals surface area contributed by atoms with Gasteiger partial charge in [0.2, 0.25) is 0 Å². The van der Waals surface area contributed by atoms with E-state index in [-0.39, 0.29) is 12.6 Å². The van der Waals surface area contributed by atoms with Gasteiger partial charge in [-0.05, 0) is 43.9 Å². The first kappa shape index (κ1) is 15.6. The van der Waals surface area contributed by atoms with Gasteiger partial charge in [0.1, 0.15) is 0 Å². The normalized spacial score (nSPS) is 15.9. The number of hydrogen-bond donors (Lipinski definition) is 2. The first-order valence-electron chi connectivity index (χ1n) is 7.62. The average Bonchev–Trinajstić information content (AvgIpc) is 2.54. The van der Waals surface area contributed by atoms with Crippen LogP contribution in [-0.2, 0) is 0 Å². The third kappa shape index (κ3) is 4.11. The van der Waals surface area contributed by atoms with Crippen LogP contribution in [0.5, 0.6) is 0 Å². The standard InChI is InChI=1S/C16H25N3O2/c1-3-18(2)15-6-4-5-14(11-15)17-16(21)19-9-7-13(12-20)8-10-19/h4-6,11,13,20H,3,7-10,12H2,1-2H3,(H,17,21). The van der Waals surface area contributed by atoms with E-state index in [1.54, 1.807) is 0 Å². The van der Waals surface area contributed by atoms with Gasteiger partial charge in [0, 0.05) is 44.7 Å². The van der Waals surface area contributed by atoms with Crippen molar-refractivity contribution in [3.05, 3.63) is 24.3 Å². The molecule has 0 saturated carbocycles. The van der Waals surface area contributed by atoms with Crippen LogP contribution < -0.4 is 10.2 Å². The van der Waals surface area contributed by atoms with Crippen LogP contribution in [0.2, 0.25) is 0 Å². The lowest BCUT2D eigenvalue weighted by atomic mass is 9.98. The highest BCUT2D eigenvalue weighted by Gasteiger charge is 2.22. The molecule has 0 aromatic heterocycles. The Hall–Kier alpha value is -1.75. The number of rotatable bonds is 4. The fourth-order valence-corrected chi connectivity index (χ4v) is 2.52. The SMILES string of the molecule is CCN(C)c1cccc(NC(=O)N2CCC(CO)CC2)c1. The summed E-state index contributed by atoms with van der Waals surface area (Å²) >= 11 is 0. The molecular weight excluding hydrogens is 266 g/mol. The molecule has 1 fully saturated rings. The molecule has 5 nitrogen and oxygen atoms in total. The van der Waals surface area contributed by atoms with Crippen molar-refractivity contribution in [2.75, 3.05) is 43.5 Å². The number of benzene rings is 1. The molecule has 0 bridgehead atoms. The van der Waals surface area contributed by atoms with Gasteiger partial charge in [-0.25, -0.2) is 4.79 Å². The Morgan fingerprint density at radius 3 is 2.76 bits per heavy atom. The van der Waals surface area contributed by atoms with Gasteiger partial charge >= 0.3 is 6.03 Å². The monoisotopic (exact) mass is 291 g/mol. The molecule has 0 atom stereocenters. The predicted octanol–water partition coefficient (Wildman–Crippen LogP) is 2.38. The molecule has 116 valence electrons. The number of likely N-dealkylation sites (tertiary alicyclic amines) is 1. The number of piperidine rings is 1. The van der Waals surface area contributed by atoms with Gasteiger partial charge in [-0.2, -0.15) is 0 Å². The van der Waals surface area contributed by atoms with Gasteiger partial charge in [-0.1, -0.05) is 6.07 Å². The maximum Gasteiger partial charge on any atom is 0.321 e. The van der Waals surface area contributed by atoms with Crippen LogP contribution in [0, 0.1) is 5.92 Å². The minimum atomic E-state index is -0.0531. The second-order valence-electron chi connectivity index (χ2n) is 5.61. The number of aliphatic hydroxyl groups excluding tert-OH is 1. The Balaban J connectivity index is 1.94. The van der Waals surface area contributed by atoms with E-state index in [9.17, 15) is 4.79 Å². The molecular formula is C16H25N3O2. The number of hydrogen-bond acceptors (Lipinski definition) is 3. The number of anilines is 2. The number of aliphatic hydroxyl groups is 1. The molecule has 1 aromatic rings. The Kier molecular flexibility index (Phi) is 5.44. The highest BCUT2D eigenvalue weighted by atomic mass is 16.3. The predicted molar refractivity (Wildman–Crippen MR) is 85.8 cm³/mol. The molecule has 0 radical (unpaired) electrons. The van der Waals surface area contributed by atoms with Gasteiger partial charge in [-0.15, -0.1) is 0 Å². The summed E-state index contributed by atoms with van der Waals surface area (Å²) in [5.74, 6) is 0.343. The maximum absolute atomic E-state index is 12.3. The van der Waals surface area contributed by atoms with Crippen molar-refractivity contribution in [3.63, 3.8) is 0 Å². The van der Waals surface area contributed by atoms with E-state index < -0.39 is 0 Å². The van der Waals surface area contributed by atoms with Crippen molar-refractivity contribution in [1.29, 1.82) is 0 Å². The zero-order chi connectivity index (χ0) is 15.2. The third-order valence-corrected chi connectivity index (χ3v) is 4.17. The van der Waals surface area contributed by atoms with Gasteiger partial charge in [0.05, 0.1) is 0 Å². The first-order chi connectivity index (χ1) is 10.1. The zero-order valence-corrected chi connectivity index (χ0v) is 12.9.